The summed E-state index contributed by atoms with van der Waals surface area (Å²) >= 11 is 1.51. The van der Waals surface area contributed by atoms with Crippen LogP contribution in [0.1, 0.15) is 11.1 Å². The molecule has 31 heavy (non-hydrogen) atoms. The van der Waals surface area contributed by atoms with Crippen LogP contribution in [0, 0.1) is 12.7 Å². The van der Waals surface area contributed by atoms with Crippen LogP contribution in [0.3, 0.4) is 0 Å². The molecular weight excluding hydrogens is 413 g/mol. The Labute approximate surface area is 184 Å². The Bertz CT molecular complexity index is 1190. The van der Waals surface area contributed by atoms with Gasteiger partial charge in [0.2, 0.25) is 0 Å². The lowest BCUT2D eigenvalue weighted by Gasteiger charge is -2.13. The summed E-state index contributed by atoms with van der Waals surface area (Å²) in [5, 5.41) is 9.64. The molecule has 0 radical (unpaired) electrons. The summed E-state index contributed by atoms with van der Waals surface area (Å²) in [5.74, 6) is 2.33. The maximum Gasteiger partial charge on any atom is 0.196 e. The molecule has 4 aromatic rings. The minimum atomic E-state index is -0.248. The molecule has 0 fully saturated rings. The van der Waals surface area contributed by atoms with E-state index in [1.807, 2.05) is 54.0 Å². The first-order valence-corrected chi connectivity index (χ1v) is 10.7. The molecule has 1 aromatic heterocycles. The number of aryl methyl sites for hydroxylation is 1. The molecule has 0 unspecified atom stereocenters. The monoisotopic (exact) mass is 435 g/mol. The van der Waals surface area contributed by atoms with E-state index in [1.54, 1.807) is 20.3 Å². The van der Waals surface area contributed by atoms with Gasteiger partial charge in [-0.25, -0.2) is 4.39 Å². The molecule has 0 saturated carbocycles. The maximum absolute atomic E-state index is 13.6. The number of halogens is 1. The highest BCUT2D eigenvalue weighted by atomic mass is 32.2. The predicted octanol–water partition coefficient (Wildman–Crippen LogP) is 5.69. The summed E-state index contributed by atoms with van der Waals surface area (Å²) in [6.45, 7) is 2.04. The third kappa shape index (κ3) is 4.72. The summed E-state index contributed by atoms with van der Waals surface area (Å²) in [5.41, 5.74) is 3.78. The molecule has 0 spiro atoms. The number of methoxy groups -OCH3 is 2. The number of nitrogens with zero attached hydrogens (tertiary/aromatic N) is 3. The highest BCUT2D eigenvalue weighted by Gasteiger charge is 2.18. The van der Waals surface area contributed by atoms with Crippen LogP contribution in [0.2, 0.25) is 0 Å². The second-order valence-electron chi connectivity index (χ2n) is 7.00. The standard InChI is InChI=1S/C24H22FN3O2S/c1-16-6-4-9-20(10-16)28-23(18-12-21(29-2)14-22(13-18)30-3)26-27-24(28)31-15-17-7-5-8-19(25)11-17/h4-14H,15H2,1-3H3. The molecule has 0 aliphatic rings. The van der Waals surface area contributed by atoms with Crippen molar-refractivity contribution in [1.82, 2.24) is 14.8 Å². The lowest BCUT2D eigenvalue weighted by atomic mass is 10.1. The van der Waals surface area contributed by atoms with Gasteiger partial charge in [-0.15, -0.1) is 10.2 Å². The van der Waals surface area contributed by atoms with E-state index in [0.29, 0.717) is 28.2 Å². The van der Waals surface area contributed by atoms with Crippen LogP contribution in [0.4, 0.5) is 4.39 Å². The molecule has 4 rings (SSSR count). The maximum atomic E-state index is 13.6. The summed E-state index contributed by atoms with van der Waals surface area (Å²) < 4.78 is 26.4. The van der Waals surface area contributed by atoms with E-state index < -0.39 is 0 Å². The highest BCUT2D eigenvalue weighted by molar-refractivity contribution is 7.98. The van der Waals surface area contributed by atoms with Crippen molar-refractivity contribution in [1.29, 1.82) is 0 Å². The highest BCUT2D eigenvalue weighted by Crippen LogP contribution is 2.33. The van der Waals surface area contributed by atoms with Gasteiger partial charge in [-0.2, -0.15) is 0 Å². The smallest absolute Gasteiger partial charge is 0.196 e. The van der Waals surface area contributed by atoms with Crippen molar-refractivity contribution in [2.24, 2.45) is 0 Å². The van der Waals surface area contributed by atoms with E-state index in [0.717, 1.165) is 22.4 Å². The summed E-state index contributed by atoms with van der Waals surface area (Å²) in [6.07, 6.45) is 0. The number of ether oxygens (including phenoxy) is 2. The molecule has 0 amide bonds. The number of benzene rings is 3. The average molecular weight is 436 g/mol. The van der Waals surface area contributed by atoms with Crippen LogP contribution < -0.4 is 9.47 Å². The van der Waals surface area contributed by atoms with Gasteiger partial charge in [0.25, 0.3) is 0 Å². The fourth-order valence-corrected chi connectivity index (χ4v) is 4.16. The molecule has 158 valence electrons. The molecule has 3 aromatic carbocycles. The lowest BCUT2D eigenvalue weighted by molar-refractivity contribution is 0.394. The Morgan fingerprint density at radius 1 is 0.903 bits per heavy atom. The Kier molecular flexibility index (Phi) is 6.23. The van der Waals surface area contributed by atoms with Gasteiger partial charge in [0, 0.05) is 23.1 Å². The topological polar surface area (TPSA) is 49.2 Å². The van der Waals surface area contributed by atoms with Crippen LogP contribution >= 0.6 is 11.8 Å². The second kappa shape index (κ2) is 9.22. The molecule has 7 heteroatoms. The molecule has 0 aliphatic carbocycles. The van der Waals surface area contributed by atoms with Gasteiger partial charge in [-0.3, -0.25) is 4.57 Å². The zero-order chi connectivity index (χ0) is 21.8. The van der Waals surface area contributed by atoms with Gasteiger partial charge in [0.1, 0.15) is 17.3 Å². The van der Waals surface area contributed by atoms with Crippen molar-refractivity contribution in [3.05, 3.63) is 83.7 Å². The molecule has 1 heterocycles. The summed E-state index contributed by atoms with van der Waals surface area (Å²) in [4.78, 5) is 0. The fourth-order valence-electron chi connectivity index (χ4n) is 3.26. The third-order valence-corrected chi connectivity index (χ3v) is 5.76. The average Bonchev–Trinajstić information content (AvgIpc) is 3.21. The van der Waals surface area contributed by atoms with Crippen molar-refractivity contribution in [2.45, 2.75) is 17.8 Å². The molecule has 0 bridgehead atoms. The Morgan fingerprint density at radius 3 is 2.32 bits per heavy atom. The lowest BCUT2D eigenvalue weighted by Crippen LogP contribution is -2.01. The zero-order valence-electron chi connectivity index (χ0n) is 17.5. The summed E-state index contributed by atoms with van der Waals surface area (Å²) in [7, 11) is 3.23. The predicted molar refractivity (Wildman–Crippen MR) is 121 cm³/mol. The van der Waals surface area contributed by atoms with Crippen molar-refractivity contribution < 1.29 is 13.9 Å². The van der Waals surface area contributed by atoms with Crippen LogP contribution in [0.5, 0.6) is 11.5 Å². The molecule has 0 N–H and O–H groups in total. The molecular formula is C24H22FN3O2S. The van der Waals surface area contributed by atoms with Crippen LogP contribution in [0.25, 0.3) is 17.1 Å². The first-order valence-electron chi connectivity index (χ1n) is 9.70. The zero-order valence-corrected chi connectivity index (χ0v) is 18.3. The Hall–Kier alpha value is -3.32. The molecule has 5 nitrogen and oxygen atoms in total. The van der Waals surface area contributed by atoms with Gasteiger partial charge in [0.05, 0.1) is 14.2 Å². The van der Waals surface area contributed by atoms with E-state index in [-0.39, 0.29) is 5.82 Å². The van der Waals surface area contributed by atoms with E-state index in [4.69, 9.17) is 9.47 Å². The van der Waals surface area contributed by atoms with Crippen molar-refractivity contribution in [3.63, 3.8) is 0 Å². The number of hydrogen-bond acceptors (Lipinski definition) is 5. The molecule has 0 atom stereocenters. The van der Waals surface area contributed by atoms with E-state index in [2.05, 4.69) is 16.3 Å². The van der Waals surface area contributed by atoms with Crippen LogP contribution in [0.15, 0.2) is 71.9 Å². The molecule has 0 aliphatic heterocycles. The van der Waals surface area contributed by atoms with Crippen LogP contribution in [-0.2, 0) is 5.75 Å². The van der Waals surface area contributed by atoms with Gasteiger partial charge in [-0.05, 0) is 54.4 Å². The normalized spacial score (nSPS) is 10.8. The first-order chi connectivity index (χ1) is 15.1. The largest absolute Gasteiger partial charge is 0.497 e. The molecule has 0 saturated heterocycles. The second-order valence-corrected chi connectivity index (χ2v) is 7.94. The van der Waals surface area contributed by atoms with Gasteiger partial charge in [-0.1, -0.05) is 36.0 Å². The SMILES string of the molecule is COc1cc(OC)cc(-c2nnc(SCc3cccc(F)c3)n2-c2cccc(C)c2)c1. The fraction of sp³-hybridized carbons (Fsp3) is 0.167. The quantitative estimate of drug-likeness (QED) is 0.349. The Morgan fingerprint density at radius 2 is 1.65 bits per heavy atom. The summed E-state index contributed by atoms with van der Waals surface area (Å²) in [6, 6.07) is 20.4. The first kappa shape index (κ1) is 20.9. The number of rotatable bonds is 7. The van der Waals surface area contributed by atoms with E-state index in [1.165, 1.54) is 23.9 Å². The Balaban J connectivity index is 1.79. The van der Waals surface area contributed by atoms with E-state index in [9.17, 15) is 4.39 Å². The number of hydrogen-bond donors (Lipinski definition) is 0. The minimum absolute atomic E-state index is 0.248. The van der Waals surface area contributed by atoms with Crippen molar-refractivity contribution in [2.75, 3.05) is 14.2 Å². The van der Waals surface area contributed by atoms with Crippen LogP contribution in [-0.4, -0.2) is 29.0 Å². The number of aromatic nitrogens is 3. The van der Waals surface area contributed by atoms with Gasteiger partial charge in [0.15, 0.2) is 11.0 Å². The minimum Gasteiger partial charge on any atom is -0.497 e. The van der Waals surface area contributed by atoms with Gasteiger partial charge < -0.3 is 9.47 Å². The van der Waals surface area contributed by atoms with Gasteiger partial charge >= 0.3 is 0 Å². The van der Waals surface area contributed by atoms with Crippen molar-refractivity contribution in [3.8, 4) is 28.6 Å². The van der Waals surface area contributed by atoms with Crippen molar-refractivity contribution >= 4 is 11.8 Å². The number of thioether (sulfide) groups is 1. The van der Waals surface area contributed by atoms with E-state index >= 15 is 0 Å². The third-order valence-electron chi connectivity index (χ3n) is 4.76.